The van der Waals surface area contributed by atoms with Crippen LogP contribution in [0.25, 0.3) is 0 Å². The first kappa shape index (κ1) is 18.8. The van der Waals surface area contributed by atoms with Crippen LogP contribution in [-0.4, -0.2) is 18.8 Å². The molecule has 19 heavy (non-hydrogen) atoms. The van der Waals surface area contributed by atoms with Gasteiger partial charge in [-0.25, -0.2) is 0 Å². The van der Waals surface area contributed by atoms with Crippen molar-refractivity contribution in [1.82, 2.24) is 5.32 Å². The monoisotopic (exact) mass is 281 g/mol. The van der Waals surface area contributed by atoms with Gasteiger partial charge in [-0.15, -0.1) is 0 Å². The minimum absolute atomic E-state index is 0.160. The van der Waals surface area contributed by atoms with Gasteiger partial charge in [0.25, 0.3) is 0 Å². The highest BCUT2D eigenvalue weighted by Gasteiger charge is 2.26. The van der Waals surface area contributed by atoms with Gasteiger partial charge in [0.2, 0.25) is 0 Å². The van der Waals surface area contributed by atoms with Gasteiger partial charge in [-0.2, -0.15) is 13.2 Å². The summed E-state index contributed by atoms with van der Waals surface area (Å²) >= 11 is 0. The van der Waals surface area contributed by atoms with Crippen LogP contribution < -0.4 is 5.32 Å². The number of hydrogen-bond acceptors (Lipinski definition) is 1. The van der Waals surface area contributed by atoms with Crippen molar-refractivity contribution in [2.24, 2.45) is 5.41 Å². The Morgan fingerprint density at radius 1 is 1.00 bits per heavy atom. The van der Waals surface area contributed by atoms with Crippen LogP contribution in [0.1, 0.15) is 72.6 Å². The summed E-state index contributed by atoms with van der Waals surface area (Å²) in [5.41, 5.74) is 0.230. The second kappa shape index (κ2) is 8.83. The maximum absolute atomic E-state index is 12.0. The maximum Gasteiger partial charge on any atom is 0.389 e. The summed E-state index contributed by atoms with van der Waals surface area (Å²) in [6.45, 7) is 9.48. The van der Waals surface area contributed by atoms with Crippen LogP contribution in [0.5, 0.6) is 0 Å². The van der Waals surface area contributed by atoms with Gasteiger partial charge in [-0.05, 0) is 31.6 Å². The van der Waals surface area contributed by atoms with E-state index in [-0.39, 0.29) is 17.9 Å². The number of alkyl halides is 3. The third-order valence-electron chi connectivity index (χ3n) is 3.48. The first-order chi connectivity index (χ1) is 8.66. The van der Waals surface area contributed by atoms with E-state index in [9.17, 15) is 13.2 Å². The van der Waals surface area contributed by atoms with Crippen molar-refractivity contribution < 1.29 is 13.2 Å². The van der Waals surface area contributed by atoms with Crippen molar-refractivity contribution in [2.45, 2.75) is 84.9 Å². The Labute approximate surface area is 116 Å². The smallest absolute Gasteiger partial charge is 0.314 e. The summed E-state index contributed by atoms with van der Waals surface area (Å²) in [7, 11) is 0. The molecule has 0 aliphatic carbocycles. The van der Waals surface area contributed by atoms with Crippen molar-refractivity contribution in [3.63, 3.8) is 0 Å². The summed E-state index contributed by atoms with van der Waals surface area (Å²) in [6.07, 6.45) is 0.995. The zero-order valence-corrected chi connectivity index (χ0v) is 12.9. The third-order valence-corrected chi connectivity index (χ3v) is 3.48. The highest BCUT2D eigenvalue weighted by molar-refractivity contribution is 4.74. The molecule has 0 aromatic heterocycles. The molecule has 1 atom stereocenters. The lowest BCUT2D eigenvalue weighted by Crippen LogP contribution is -2.35. The molecule has 1 nitrogen and oxygen atoms in total. The molecule has 0 saturated carbocycles. The third kappa shape index (κ3) is 12.5. The lowest BCUT2D eigenvalue weighted by molar-refractivity contribution is -0.135. The average molecular weight is 281 g/mol. The molecule has 0 rings (SSSR count). The molecule has 0 saturated heterocycles. The van der Waals surface area contributed by atoms with Gasteiger partial charge in [-0.3, -0.25) is 0 Å². The van der Waals surface area contributed by atoms with E-state index in [4.69, 9.17) is 0 Å². The quantitative estimate of drug-likeness (QED) is 0.535. The van der Waals surface area contributed by atoms with Crippen molar-refractivity contribution in [2.75, 3.05) is 6.54 Å². The van der Waals surface area contributed by atoms with Crippen molar-refractivity contribution in [3.05, 3.63) is 0 Å². The predicted octanol–water partition coefficient (Wildman–Crippen LogP) is 5.30. The number of halogens is 3. The Kier molecular flexibility index (Phi) is 8.71. The maximum atomic E-state index is 12.0. The minimum atomic E-state index is -4.01. The van der Waals surface area contributed by atoms with Crippen LogP contribution in [0.3, 0.4) is 0 Å². The Hall–Kier alpha value is -0.250. The first-order valence-corrected chi connectivity index (χ1v) is 7.46. The molecule has 1 unspecified atom stereocenters. The van der Waals surface area contributed by atoms with Crippen LogP contribution in [0.4, 0.5) is 13.2 Å². The Bertz CT molecular complexity index is 224. The topological polar surface area (TPSA) is 12.0 Å². The van der Waals surface area contributed by atoms with Crippen LogP contribution in [-0.2, 0) is 0 Å². The van der Waals surface area contributed by atoms with E-state index in [1.54, 1.807) is 0 Å². The highest BCUT2D eigenvalue weighted by Crippen LogP contribution is 2.24. The summed E-state index contributed by atoms with van der Waals surface area (Å²) in [4.78, 5) is 0. The molecule has 0 spiro atoms. The van der Waals surface area contributed by atoms with Crippen LogP contribution in [0.15, 0.2) is 0 Å². The fourth-order valence-corrected chi connectivity index (χ4v) is 2.10. The second-order valence-corrected chi connectivity index (χ2v) is 6.41. The molecule has 0 aliphatic heterocycles. The number of nitrogens with one attached hydrogen (secondary N) is 1. The van der Waals surface area contributed by atoms with E-state index < -0.39 is 12.6 Å². The van der Waals surface area contributed by atoms with Gasteiger partial charge >= 0.3 is 6.18 Å². The van der Waals surface area contributed by atoms with Gasteiger partial charge in [-0.1, -0.05) is 40.0 Å². The van der Waals surface area contributed by atoms with E-state index in [1.165, 1.54) is 25.7 Å². The molecule has 0 heterocycles. The lowest BCUT2D eigenvalue weighted by Gasteiger charge is -2.27. The molecule has 0 aromatic carbocycles. The SMILES string of the molecule is CCCCCC(C)(C)CNC(C)CCCC(F)(F)F. The largest absolute Gasteiger partial charge is 0.389 e. The lowest BCUT2D eigenvalue weighted by atomic mass is 9.86. The molecule has 0 aromatic rings. The van der Waals surface area contributed by atoms with Crippen LogP contribution >= 0.6 is 0 Å². The van der Waals surface area contributed by atoms with E-state index in [2.05, 4.69) is 26.1 Å². The van der Waals surface area contributed by atoms with E-state index >= 15 is 0 Å². The van der Waals surface area contributed by atoms with Crippen molar-refractivity contribution >= 4 is 0 Å². The van der Waals surface area contributed by atoms with E-state index in [1.807, 2.05) is 6.92 Å². The average Bonchev–Trinajstić information content (AvgIpc) is 2.25. The van der Waals surface area contributed by atoms with Gasteiger partial charge in [0.15, 0.2) is 0 Å². The van der Waals surface area contributed by atoms with Gasteiger partial charge < -0.3 is 5.32 Å². The molecular formula is C15H30F3N. The Balaban J connectivity index is 3.73. The van der Waals surface area contributed by atoms with Gasteiger partial charge in [0, 0.05) is 19.0 Å². The predicted molar refractivity (Wildman–Crippen MR) is 75.3 cm³/mol. The fourth-order valence-electron chi connectivity index (χ4n) is 2.10. The summed E-state index contributed by atoms with van der Waals surface area (Å²) in [6, 6.07) is 0.160. The molecule has 116 valence electrons. The summed E-state index contributed by atoms with van der Waals surface area (Å²) in [5, 5.41) is 3.37. The zero-order valence-electron chi connectivity index (χ0n) is 12.9. The second-order valence-electron chi connectivity index (χ2n) is 6.41. The van der Waals surface area contributed by atoms with Crippen LogP contribution in [0, 0.1) is 5.41 Å². The molecule has 0 bridgehead atoms. The molecular weight excluding hydrogens is 251 g/mol. The fraction of sp³-hybridized carbons (Fsp3) is 1.00. The van der Waals surface area contributed by atoms with Gasteiger partial charge in [0.05, 0.1) is 0 Å². The normalized spacial score (nSPS) is 14.7. The summed E-state index contributed by atoms with van der Waals surface area (Å²) in [5.74, 6) is 0. The van der Waals surface area contributed by atoms with Crippen molar-refractivity contribution in [3.8, 4) is 0 Å². The molecule has 0 aliphatic rings. The Morgan fingerprint density at radius 2 is 1.63 bits per heavy atom. The highest BCUT2D eigenvalue weighted by atomic mass is 19.4. The van der Waals surface area contributed by atoms with E-state index in [0.29, 0.717) is 6.42 Å². The molecule has 4 heteroatoms. The number of unbranched alkanes of at least 4 members (excludes halogenated alkanes) is 2. The van der Waals surface area contributed by atoms with Crippen LogP contribution in [0.2, 0.25) is 0 Å². The summed E-state index contributed by atoms with van der Waals surface area (Å²) < 4.78 is 36.1. The van der Waals surface area contributed by atoms with Gasteiger partial charge in [0.1, 0.15) is 0 Å². The standard InChI is InChI=1S/C15H30F3N/c1-5-6-7-10-14(3,4)12-19-13(2)9-8-11-15(16,17)18/h13,19H,5-12H2,1-4H3. The molecule has 0 amide bonds. The number of rotatable bonds is 10. The Morgan fingerprint density at radius 3 is 2.16 bits per heavy atom. The van der Waals surface area contributed by atoms with E-state index in [0.717, 1.165) is 6.54 Å². The molecule has 1 N–H and O–H groups in total. The number of hydrogen-bond donors (Lipinski definition) is 1. The molecule has 0 fully saturated rings. The molecule has 0 radical (unpaired) electrons. The first-order valence-electron chi connectivity index (χ1n) is 7.46. The zero-order chi connectivity index (χ0) is 14.9. The van der Waals surface area contributed by atoms with Crippen molar-refractivity contribution in [1.29, 1.82) is 0 Å². The minimum Gasteiger partial charge on any atom is -0.314 e.